The predicted octanol–water partition coefficient (Wildman–Crippen LogP) is 7.69. The average molecular weight is 896 g/mol. The van der Waals surface area contributed by atoms with E-state index in [1.54, 1.807) is 0 Å². The number of nitrogens with one attached hydrogen (secondary N) is 2. The van der Waals surface area contributed by atoms with E-state index in [4.69, 9.17) is 25.4 Å². The highest BCUT2D eigenvalue weighted by molar-refractivity contribution is 6.36. The minimum absolute atomic E-state index is 0.462. The van der Waals surface area contributed by atoms with Crippen LogP contribution in [0.15, 0.2) is 202 Å². The number of aryl methyl sites for hydroxylation is 3. The van der Waals surface area contributed by atoms with E-state index >= 15 is 0 Å². The van der Waals surface area contributed by atoms with Crippen molar-refractivity contribution in [2.24, 2.45) is 29.1 Å². The number of anilines is 1. The molecule has 4 N–H and O–H groups in total. The van der Waals surface area contributed by atoms with E-state index in [2.05, 4.69) is 165 Å². The van der Waals surface area contributed by atoms with Crippen molar-refractivity contribution in [3.8, 4) is 5.75 Å². The summed E-state index contributed by atoms with van der Waals surface area (Å²) in [6.45, 7) is 1.46. The van der Waals surface area contributed by atoms with Gasteiger partial charge in [-0.15, -0.1) is 0 Å². The molecule has 13 heteroatoms. The Morgan fingerprint density at radius 1 is 0.618 bits per heavy atom. The number of allylic oxidation sites excluding steroid dienone is 11. The molecule has 5 aliphatic rings. The number of hydrogen-bond acceptors (Lipinski definition) is 8. The summed E-state index contributed by atoms with van der Waals surface area (Å²) in [5, 5.41) is 0. The van der Waals surface area contributed by atoms with Gasteiger partial charge in [0.05, 0.1) is 47.4 Å². The predicted molar refractivity (Wildman–Crippen MR) is 267 cm³/mol. The lowest BCUT2D eigenvalue weighted by Gasteiger charge is -2.16. The fourth-order valence-corrected chi connectivity index (χ4v) is 9.14. The molecule has 0 saturated heterocycles. The van der Waals surface area contributed by atoms with Crippen LogP contribution >= 0.6 is 0 Å². The molecule has 334 valence electrons. The molecule has 8 bridgehead atoms. The second kappa shape index (κ2) is 18.0. The molecule has 13 nitrogen and oxygen atoms in total. The lowest BCUT2D eigenvalue weighted by Crippen LogP contribution is -2.32. The molecule has 0 fully saturated rings. The van der Waals surface area contributed by atoms with Crippen LogP contribution in [0.3, 0.4) is 0 Å². The Bertz CT molecular complexity index is 3380. The van der Waals surface area contributed by atoms with Gasteiger partial charge in [-0.3, -0.25) is 4.98 Å². The molecule has 10 heterocycles. The van der Waals surface area contributed by atoms with E-state index in [-0.39, 0.29) is 0 Å². The zero-order chi connectivity index (χ0) is 46.1. The average Bonchev–Trinajstić information content (AvgIpc) is 4.22. The number of ether oxygens (including phenoxy) is 1. The number of pyridine rings is 2. The standard InChI is InChI=1S/C55H50N12O/c1-64-26-19-36(20-27-64)49-41-11-13-43(60-41)50(37-21-28-65(2)29-22-37)45-15-17-47(62-45)52(48-18-16-46(63-48)51(44-14-12-42(49)61-44)38-23-30-66(3)31-24-38)39-9-8-10-40(33-39)68-32-7-5-4-6-25-67-35-59-53-54(56)57-34-58-55(53)67/h8-24,26-31,33-35H,4-7,25,32H2,1-3H3,(H3,56,57,58,60,61,62,63)/q+2/p+1. The van der Waals surface area contributed by atoms with Crippen LogP contribution in [0.5, 0.6) is 5.75 Å². The van der Waals surface area contributed by atoms with Crippen LogP contribution in [0.2, 0.25) is 0 Å². The Hall–Kier alpha value is -8.58. The van der Waals surface area contributed by atoms with Gasteiger partial charge in [-0.05, 0) is 114 Å². The van der Waals surface area contributed by atoms with Crippen LogP contribution in [0.25, 0.3) is 27.9 Å². The van der Waals surface area contributed by atoms with Gasteiger partial charge in [0.1, 0.15) is 19.8 Å². The molecule has 0 aliphatic carbocycles. The molecule has 0 atom stereocenters. The van der Waals surface area contributed by atoms with Gasteiger partial charge in [0, 0.05) is 77.4 Å². The van der Waals surface area contributed by atoms with E-state index in [0.29, 0.717) is 12.4 Å². The maximum atomic E-state index is 6.45. The van der Waals surface area contributed by atoms with Gasteiger partial charge in [-0.1, -0.05) is 23.5 Å². The van der Waals surface area contributed by atoms with Crippen LogP contribution in [0, 0.1) is 0 Å². The normalized spacial score (nSPS) is 16.3. The number of benzene rings is 1. The summed E-state index contributed by atoms with van der Waals surface area (Å²) < 4.78 is 12.6. The molecular weight excluding hydrogens is 845 g/mol. The van der Waals surface area contributed by atoms with E-state index < -0.39 is 0 Å². The van der Waals surface area contributed by atoms with Gasteiger partial charge in [-0.2, -0.15) is 4.98 Å². The number of unbranched alkanes of at least 4 members (excludes halogenated alkanes) is 3. The Balaban J connectivity index is 0.974. The van der Waals surface area contributed by atoms with Gasteiger partial charge < -0.3 is 20.4 Å². The summed E-state index contributed by atoms with van der Waals surface area (Å²) in [5.41, 5.74) is 22.4. The highest BCUT2D eigenvalue weighted by atomic mass is 16.5. The summed E-state index contributed by atoms with van der Waals surface area (Å²) in [4.78, 5) is 33.9. The van der Waals surface area contributed by atoms with Crippen molar-refractivity contribution >= 4 is 50.8 Å². The van der Waals surface area contributed by atoms with Gasteiger partial charge in [0.15, 0.2) is 43.3 Å². The van der Waals surface area contributed by atoms with Gasteiger partial charge in [0.2, 0.25) is 5.52 Å². The van der Waals surface area contributed by atoms with E-state index in [0.717, 1.165) is 139 Å². The zero-order valence-corrected chi connectivity index (χ0v) is 38.3. The quantitative estimate of drug-likeness (QED) is 0.0903. The molecule has 1 aromatic carbocycles. The number of nitrogens with two attached hydrogens (primary N) is 1. The van der Waals surface area contributed by atoms with Crippen molar-refractivity contribution < 1.29 is 18.4 Å². The molecule has 0 saturated carbocycles. The lowest BCUT2D eigenvalue weighted by atomic mass is 9.97. The van der Waals surface area contributed by atoms with Crippen LogP contribution in [-0.4, -0.2) is 55.6 Å². The van der Waals surface area contributed by atoms with E-state index in [1.165, 1.54) is 6.33 Å². The summed E-state index contributed by atoms with van der Waals surface area (Å²) in [7, 11) is 6.09. The second-order valence-electron chi connectivity index (χ2n) is 17.4. The smallest absolute Gasteiger partial charge is 0.307 e. The van der Waals surface area contributed by atoms with Crippen LogP contribution in [0.4, 0.5) is 5.82 Å². The van der Waals surface area contributed by atoms with E-state index in [1.807, 2.05) is 47.6 Å². The van der Waals surface area contributed by atoms with Crippen molar-refractivity contribution in [1.29, 1.82) is 0 Å². The van der Waals surface area contributed by atoms with Crippen LogP contribution in [0.1, 0.15) is 53.8 Å². The van der Waals surface area contributed by atoms with Crippen molar-refractivity contribution in [3.05, 3.63) is 215 Å². The van der Waals surface area contributed by atoms with Crippen molar-refractivity contribution in [2.75, 3.05) is 19.4 Å². The molecule has 0 radical (unpaired) electrons. The third-order valence-corrected chi connectivity index (χ3v) is 12.7. The maximum absolute atomic E-state index is 6.45. The third-order valence-electron chi connectivity index (χ3n) is 12.7. The number of nitrogens with zero attached hydrogens (tertiary/aromatic N) is 9. The Kier molecular flexibility index (Phi) is 11.1. The Morgan fingerprint density at radius 2 is 1.21 bits per heavy atom. The van der Waals surface area contributed by atoms with Crippen molar-refractivity contribution in [3.63, 3.8) is 0 Å². The number of aromatic amines is 2. The molecule has 5 aromatic heterocycles. The van der Waals surface area contributed by atoms with Crippen LogP contribution in [-0.2, 0) is 20.6 Å². The van der Waals surface area contributed by atoms with Gasteiger partial charge in [0.25, 0.3) is 0 Å². The minimum atomic E-state index is 0.462. The molecule has 11 rings (SSSR count). The number of hydrogen-bond donors (Lipinski definition) is 3. The summed E-state index contributed by atoms with van der Waals surface area (Å²) in [6, 6.07) is 21.2. The molecule has 0 spiro atoms. The number of H-pyrrole nitrogens is 2. The van der Waals surface area contributed by atoms with Crippen molar-refractivity contribution in [2.45, 2.75) is 32.2 Å². The third kappa shape index (κ3) is 8.30. The fraction of sp³-hybridized carbons (Fsp3) is 0.164. The first-order valence-corrected chi connectivity index (χ1v) is 23.0. The number of rotatable bonds is 11. The first-order valence-electron chi connectivity index (χ1n) is 23.0. The molecular formula is C55H51N12O+3. The first-order chi connectivity index (χ1) is 33.3. The van der Waals surface area contributed by atoms with Crippen molar-refractivity contribution in [1.82, 2.24) is 24.8 Å². The molecule has 68 heavy (non-hydrogen) atoms. The number of aromatic nitrogens is 7. The molecule has 5 aliphatic heterocycles. The Morgan fingerprint density at radius 3 is 1.84 bits per heavy atom. The summed E-state index contributed by atoms with van der Waals surface area (Å²) >= 11 is 0. The monoisotopic (exact) mass is 895 g/mol. The lowest BCUT2D eigenvalue weighted by molar-refractivity contribution is -0.673. The summed E-state index contributed by atoms with van der Waals surface area (Å²) in [5.74, 6) is 1.26. The maximum Gasteiger partial charge on any atom is 0.307 e. The number of nitrogen functional groups attached to an aromatic ring is 1. The molecule has 6 aromatic rings. The van der Waals surface area contributed by atoms with Gasteiger partial charge >= 0.3 is 5.65 Å². The SMILES string of the molecule is CN1C=CC(=C2C3=NC(=C(c4cccc(OCCCCCC[n+]5c[nH]c6c(N)ncnc65)c4)C4=NC(=C(c5cc[n+](C)cc5)c5ccc([nH]5)C(c5cc[n+](C)cc5)=C5C=CC2=N5)C=C4)C=C3)C=C1. The van der Waals surface area contributed by atoms with Gasteiger partial charge in [-0.25, -0.2) is 28.7 Å². The molecule has 0 unspecified atom stereocenters. The largest absolute Gasteiger partial charge is 0.494 e. The number of imidazole rings is 1. The Labute approximate surface area is 394 Å². The highest BCUT2D eigenvalue weighted by Gasteiger charge is 2.28. The molecule has 0 amide bonds. The summed E-state index contributed by atoms with van der Waals surface area (Å²) in [6.07, 6.45) is 36.8. The first kappa shape index (κ1) is 42.1. The minimum Gasteiger partial charge on any atom is -0.494 e. The number of fused-ring (bicyclic) bond motifs is 6. The zero-order valence-electron chi connectivity index (χ0n) is 38.3. The topological polar surface area (TPSA) is 145 Å². The number of aliphatic imine (C=N–C) groups is 3. The van der Waals surface area contributed by atoms with E-state index in [9.17, 15) is 0 Å². The fourth-order valence-electron chi connectivity index (χ4n) is 9.14. The second-order valence-corrected chi connectivity index (χ2v) is 17.4. The van der Waals surface area contributed by atoms with Crippen LogP contribution < -0.4 is 24.2 Å². The highest BCUT2D eigenvalue weighted by Crippen LogP contribution is 2.38.